The molecule has 0 aliphatic rings. The van der Waals surface area contributed by atoms with Crippen LogP contribution in [0.4, 0.5) is 10.8 Å². The molecule has 1 aromatic heterocycles. The van der Waals surface area contributed by atoms with Gasteiger partial charge in [0.15, 0.2) is 11.2 Å². The van der Waals surface area contributed by atoms with Crippen molar-refractivity contribution in [2.24, 2.45) is 0 Å². The molecule has 1 atom stereocenters. The number of hydrogen-bond donors (Lipinski definition) is 1. The van der Waals surface area contributed by atoms with Crippen LogP contribution in [0.3, 0.4) is 0 Å². The van der Waals surface area contributed by atoms with Gasteiger partial charge in [0.2, 0.25) is 0 Å². The molecule has 0 aliphatic heterocycles. The maximum atomic E-state index is 12.4. The zero-order valence-corrected chi connectivity index (χ0v) is 18.1. The van der Waals surface area contributed by atoms with Crippen LogP contribution in [0.2, 0.25) is 0 Å². The van der Waals surface area contributed by atoms with Crippen molar-refractivity contribution in [1.82, 2.24) is 4.98 Å². The smallest absolute Gasteiger partial charge is 0.339 e. The fourth-order valence-electron chi connectivity index (χ4n) is 2.90. The van der Waals surface area contributed by atoms with E-state index in [1.165, 1.54) is 48.9 Å². The molecule has 9 heteroatoms. The SMILES string of the molecule is CCc1ccc(-c2csc(NC(=O)[C@H](C)OC(=O)c3cccc([N+](=O)[O-])c3C)n2)cc1. The number of aryl methyl sites for hydroxylation is 1. The summed E-state index contributed by atoms with van der Waals surface area (Å²) in [5.74, 6) is -1.35. The number of esters is 1. The molecule has 0 saturated carbocycles. The van der Waals surface area contributed by atoms with Crippen LogP contribution in [0, 0.1) is 17.0 Å². The Labute approximate surface area is 183 Å². The fraction of sp³-hybridized carbons (Fsp3) is 0.227. The summed E-state index contributed by atoms with van der Waals surface area (Å²) in [7, 11) is 0. The van der Waals surface area contributed by atoms with Crippen molar-refractivity contribution in [3.8, 4) is 11.3 Å². The van der Waals surface area contributed by atoms with E-state index in [2.05, 4.69) is 17.2 Å². The molecule has 160 valence electrons. The van der Waals surface area contributed by atoms with Crippen molar-refractivity contribution in [3.63, 3.8) is 0 Å². The molecule has 1 N–H and O–H groups in total. The Morgan fingerprint density at radius 3 is 2.58 bits per heavy atom. The quantitative estimate of drug-likeness (QED) is 0.322. The number of nitro benzene ring substituents is 1. The van der Waals surface area contributed by atoms with Crippen molar-refractivity contribution >= 4 is 34.0 Å². The number of amides is 1. The maximum Gasteiger partial charge on any atom is 0.339 e. The molecular formula is C22H21N3O5S. The lowest BCUT2D eigenvalue weighted by atomic mass is 10.1. The first kappa shape index (κ1) is 22.1. The molecule has 31 heavy (non-hydrogen) atoms. The van der Waals surface area contributed by atoms with Gasteiger partial charge in [0.05, 0.1) is 16.2 Å². The Hall–Kier alpha value is -3.59. The fourth-order valence-corrected chi connectivity index (χ4v) is 3.62. The number of aromatic nitrogens is 1. The van der Waals surface area contributed by atoms with E-state index in [9.17, 15) is 19.7 Å². The molecule has 1 heterocycles. The summed E-state index contributed by atoms with van der Waals surface area (Å²) in [4.78, 5) is 39.7. The van der Waals surface area contributed by atoms with Gasteiger partial charge in [-0.2, -0.15) is 0 Å². The van der Waals surface area contributed by atoms with Gasteiger partial charge >= 0.3 is 5.97 Å². The van der Waals surface area contributed by atoms with Crippen molar-refractivity contribution in [3.05, 3.63) is 74.6 Å². The van der Waals surface area contributed by atoms with Crippen LogP contribution in [0.5, 0.6) is 0 Å². The van der Waals surface area contributed by atoms with Crippen LogP contribution in [0.25, 0.3) is 11.3 Å². The largest absolute Gasteiger partial charge is 0.449 e. The zero-order valence-electron chi connectivity index (χ0n) is 17.2. The second-order valence-corrected chi connectivity index (χ2v) is 7.69. The molecular weight excluding hydrogens is 418 g/mol. The van der Waals surface area contributed by atoms with Gasteiger partial charge in [-0.1, -0.05) is 37.3 Å². The average molecular weight is 439 g/mol. The molecule has 8 nitrogen and oxygen atoms in total. The number of anilines is 1. The highest BCUT2D eigenvalue weighted by Crippen LogP contribution is 2.26. The van der Waals surface area contributed by atoms with Gasteiger partial charge in [0.25, 0.3) is 11.6 Å². The Morgan fingerprint density at radius 2 is 1.94 bits per heavy atom. The molecule has 0 saturated heterocycles. The number of rotatable bonds is 7. The number of ether oxygens (including phenoxy) is 1. The third kappa shape index (κ3) is 5.13. The minimum atomic E-state index is -1.11. The molecule has 3 rings (SSSR count). The first-order chi connectivity index (χ1) is 14.8. The minimum Gasteiger partial charge on any atom is -0.449 e. The minimum absolute atomic E-state index is 0.0425. The third-order valence-electron chi connectivity index (χ3n) is 4.77. The Morgan fingerprint density at radius 1 is 1.23 bits per heavy atom. The van der Waals surface area contributed by atoms with E-state index >= 15 is 0 Å². The second-order valence-electron chi connectivity index (χ2n) is 6.83. The summed E-state index contributed by atoms with van der Waals surface area (Å²) in [6, 6.07) is 12.1. The number of nitrogens with one attached hydrogen (secondary N) is 1. The highest BCUT2D eigenvalue weighted by atomic mass is 32.1. The van der Waals surface area contributed by atoms with Gasteiger partial charge < -0.3 is 4.74 Å². The summed E-state index contributed by atoms with van der Waals surface area (Å²) in [6.45, 7) is 4.97. The predicted octanol–water partition coefficient (Wildman–Crippen LogP) is 4.77. The van der Waals surface area contributed by atoms with E-state index in [4.69, 9.17) is 4.74 Å². The number of nitro groups is 1. The van der Waals surface area contributed by atoms with Crippen molar-refractivity contribution in [2.75, 3.05) is 5.32 Å². The summed E-state index contributed by atoms with van der Waals surface area (Å²) in [5, 5.41) is 15.9. The van der Waals surface area contributed by atoms with Gasteiger partial charge in [-0.15, -0.1) is 11.3 Å². The van der Waals surface area contributed by atoms with E-state index in [0.29, 0.717) is 5.13 Å². The van der Waals surface area contributed by atoms with E-state index in [0.717, 1.165) is 17.7 Å². The lowest BCUT2D eigenvalue weighted by Gasteiger charge is -2.13. The molecule has 1 amide bonds. The standard InChI is InChI=1S/C22H21N3O5S/c1-4-15-8-10-16(11-9-15)18-12-31-22(23-18)24-20(26)14(3)30-21(27)17-6-5-7-19(13(17)2)25(28)29/h5-12,14H,4H2,1-3H3,(H,23,24,26)/t14-/m0/s1. The number of carbonyl (C=O) groups is 2. The molecule has 3 aromatic rings. The average Bonchev–Trinajstić information content (AvgIpc) is 3.22. The van der Waals surface area contributed by atoms with Gasteiger partial charge in [-0.05, 0) is 31.9 Å². The molecule has 0 unspecified atom stereocenters. The number of benzene rings is 2. The first-order valence-electron chi connectivity index (χ1n) is 9.60. The van der Waals surface area contributed by atoms with Gasteiger partial charge in [0, 0.05) is 22.6 Å². The summed E-state index contributed by atoms with van der Waals surface area (Å²) in [6.07, 6.45) is -0.159. The first-order valence-corrected chi connectivity index (χ1v) is 10.5. The normalized spacial score (nSPS) is 11.6. The summed E-state index contributed by atoms with van der Waals surface area (Å²) < 4.78 is 5.21. The van der Waals surface area contributed by atoms with Crippen LogP contribution >= 0.6 is 11.3 Å². The van der Waals surface area contributed by atoms with E-state index in [1.54, 1.807) is 0 Å². The van der Waals surface area contributed by atoms with E-state index in [-0.39, 0.29) is 16.8 Å². The maximum absolute atomic E-state index is 12.4. The molecule has 2 aromatic carbocycles. The van der Waals surface area contributed by atoms with Crippen LogP contribution in [-0.2, 0) is 16.0 Å². The number of carbonyl (C=O) groups excluding carboxylic acids is 2. The van der Waals surface area contributed by atoms with E-state index in [1.807, 2.05) is 29.6 Å². The summed E-state index contributed by atoms with van der Waals surface area (Å²) in [5.41, 5.74) is 2.94. The van der Waals surface area contributed by atoms with Crippen molar-refractivity contribution in [1.29, 1.82) is 0 Å². The van der Waals surface area contributed by atoms with E-state index < -0.39 is 22.9 Å². The molecule has 0 bridgehead atoms. The van der Waals surface area contributed by atoms with Gasteiger partial charge in [-0.25, -0.2) is 9.78 Å². The molecule has 0 radical (unpaired) electrons. The zero-order chi connectivity index (χ0) is 22.5. The number of hydrogen-bond acceptors (Lipinski definition) is 7. The van der Waals surface area contributed by atoms with Gasteiger partial charge in [0.1, 0.15) is 0 Å². The monoisotopic (exact) mass is 439 g/mol. The van der Waals surface area contributed by atoms with Crippen molar-refractivity contribution < 1.29 is 19.2 Å². The molecule has 0 fully saturated rings. The summed E-state index contributed by atoms with van der Waals surface area (Å²) >= 11 is 1.26. The lowest BCUT2D eigenvalue weighted by Crippen LogP contribution is -2.30. The second kappa shape index (κ2) is 9.48. The highest BCUT2D eigenvalue weighted by molar-refractivity contribution is 7.14. The van der Waals surface area contributed by atoms with Gasteiger partial charge in [-0.3, -0.25) is 20.2 Å². The highest BCUT2D eigenvalue weighted by Gasteiger charge is 2.24. The Bertz CT molecular complexity index is 1120. The Balaban J connectivity index is 1.65. The predicted molar refractivity (Wildman–Crippen MR) is 118 cm³/mol. The third-order valence-corrected chi connectivity index (χ3v) is 5.52. The number of thiazole rings is 1. The molecule has 0 spiro atoms. The van der Waals surface area contributed by atoms with Crippen molar-refractivity contribution in [2.45, 2.75) is 33.3 Å². The topological polar surface area (TPSA) is 111 Å². The Kier molecular flexibility index (Phi) is 6.76. The van der Waals surface area contributed by atoms with Crippen LogP contribution in [0.1, 0.15) is 35.3 Å². The lowest BCUT2D eigenvalue weighted by molar-refractivity contribution is -0.385. The van der Waals surface area contributed by atoms with Crippen LogP contribution in [-0.4, -0.2) is 27.9 Å². The molecule has 0 aliphatic carbocycles. The van der Waals surface area contributed by atoms with Crippen LogP contribution < -0.4 is 5.32 Å². The van der Waals surface area contributed by atoms with Crippen LogP contribution in [0.15, 0.2) is 47.8 Å². The number of nitrogens with zero attached hydrogens (tertiary/aromatic N) is 2.